The van der Waals surface area contributed by atoms with Gasteiger partial charge in [-0.15, -0.1) is 0 Å². The zero-order valence-electron chi connectivity index (χ0n) is 12.8. The Kier molecular flexibility index (Phi) is 6.66. The molecule has 1 saturated heterocycles. The van der Waals surface area contributed by atoms with Gasteiger partial charge < -0.3 is 10.1 Å². The van der Waals surface area contributed by atoms with Gasteiger partial charge in [-0.3, -0.25) is 14.6 Å². The molecule has 1 N–H and O–H groups in total. The van der Waals surface area contributed by atoms with Gasteiger partial charge in [0.05, 0.1) is 13.2 Å². The van der Waals surface area contributed by atoms with Gasteiger partial charge in [0.15, 0.2) is 0 Å². The molecule has 1 heterocycles. The van der Waals surface area contributed by atoms with Gasteiger partial charge >= 0.3 is 0 Å². The minimum Gasteiger partial charge on any atom is -0.383 e. The Morgan fingerprint density at radius 1 is 1.14 bits per heavy atom. The Hall–Kier alpha value is -1.43. The number of nitrogens with zero attached hydrogens (tertiary/aromatic N) is 2. The average molecular weight is 291 g/mol. The van der Waals surface area contributed by atoms with Crippen LogP contribution in [0.2, 0.25) is 0 Å². The fourth-order valence-corrected chi connectivity index (χ4v) is 2.45. The van der Waals surface area contributed by atoms with Gasteiger partial charge in [0.2, 0.25) is 5.91 Å². The number of benzene rings is 1. The largest absolute Gasteiger partial charge is 0.383 e. The second-order valence-corrected chi connectivity index (χ2v) is 5.37. The van der Waals surface area contributed by atoms with Crippen LogP contribution in [0.25, 0.3) is 0 Å². The molecule has 0 saturated carbocycles. The van der Waals surface area contributed by atoms with E-state index in [0.717, 1.165) is 44.9 Å². The predicted molar refractivity (Wildman–Crippen MR) is 83.0 cm³/mol. The van der Waals surface area contributed by atoms with Crippen LogP contribution in [0.15, 0.2) is 30.3 Å². The Labute approximate surface area is 126 Å². The summed E-state index contributed by atoms with van der Waals surface area (Å²) in [6.07, 6.45) is 0. The molecule has 0 bridgehead atoms. The monoisotopic (exact) mass is 291 g/mol. The predicted octanol–water partition coefficient (Wildman–Crippen LogP) is 0.567. The normalized spacial score (nSPS) is 16.8. The molecule has 21 heavy (non-hydrogen) atoms. The standard InChI is InChI=1S/C16H25N3O2/c1-21-12-11-18-7-9-19(10-8-18)14-16(20)17-13-15-5-3-2-4-6-15/h2-6H,7-14H2,1H3,(H,17,20). The van der Waals surface area contributed by atoms with Crippen LogP contribution >= 0.6 is 0 Å². The third kappa shape index (κ3) is 5.83. The maximum absolute atomic E-state index is 12.0. The number of methoxy groups -OCH3 is 1. The second kappa shape index (κ2) is 8.77. The van der Waals surface area contributed by atoms with E-state index in [2.05, 4.69) is 15.1 Å². The quantitative estimate of drug-likeness (QED) is 0.797. The van der Waals surface area contributed by atoms with Gasteiger partial charge in [-0.05, 0) is 5.56 Å². The fraction of sp³-hybridized carbons (Fsp3) is 0.562. The molecule has 5 heteroatoms. The SMILES string of the molecule is COCCN1CCN(CC(=O)NCc2ccccc2)CC1. The third-order valence-electron chi connectivity index (χ3n) is 3.78. The molecule has 0 aromatic heterocycles. The number of hydrogen-bond donors (Lipinski definition) is 1. The lowest BCUT2D eigenvalue weighted by atomic mass is 10.2. The van der Waals surface area contributed by atoms with E-state index >= 15 is 0 Å². The van der Waals surface area contributed by atoms with Gasteiger partial charge in [0.1, 0.15) is 0 Å². The second-order valence-electron chi connectivity index (χ2n) is 5.37. The van der Waals surface area contributed by atoms with Crippen molar-refractivity contribution in [3.63, 3.8) is 0 Å². The highest BCUT2D eigenvalue weighted by molar-refractivity contribution is 5.78. The van der Waals surface area contributed by atoms with Gasteiger partial charge in [0.25, 0.3) is 0 Å². The fourth-order valence-electron chi connectivity index (χ4n) is 2.45. The highest BCUT2D eigenvalue weighted by Gasteiger charge is 2.18. The minimum absolute atomic E-state index is 0.101. The first-order valence-corrected chi connectivity index (χ1v) is 7.52. The number of ether oxygens (including phenoxy) is 1. The van der Waals surface area contributed by atoms with Crippen molar-refractivity contribution in [2.24, 2.45) is 0 Å². The van der Waals surface area contributed by atoms with Crippen molar-refractivity contribution in [3.05, 3.63) is 35.9 Å². The molecule has 0 atom stereocenters. The van der Waals surface area contributed by atoms with E-state index < -0.39 is 0 Å². The molecule has 1 aromatic rings. The van der Waals surface area contributed by atoms with Crippen LogP contribution in [0.4, 0.5) is 0 Å². The van der Waals surface area contributed by atoms with Gasteiger partial charge in [-0.25, -0.2) is 0 Å². The Balaban J connectivity index is 1.63. The number of nitrogens with one attached hydrogen (secondary N) is 1. The summed E-state index contributed by atoms with van der Waals surface area (Å²) in [5.41, 5.74) is 1.13. The molecule has 1 aliphatic rings. The lowest BCUT2D eigenvalue weighted by molar-refractivity contribution is -0.122. The molecular formula is C16H25N3O2. The maximum atomic E-state index is 12.0. The van der Waals surface area contributed by atoms with Crippen LogP contribution < -0.4 is 5.32 Å². The lowest BCUT2D eigenvalue weighted by Gasteiger charge is -2.34. The summed E-state index contributed by atoms with van der Waals surface area (Å²) in [5.74, 6) is 0.101. The summed E-state index contributed by atoms with van der Waals surface area (Å²) >= 11 is 0. The van der Waals surface area contributed by atoms with Crippen LogP contribution in [0.5, 0.6) is 0 Å². The van der Waals surface area contributed by atoms with Crippen LogP contribution in [-0.2, 0) is 16.1 Å². The third-order valence-corrected chi connectivity index (χ3v) is 3.78. The molecule has 2 rings (SSSR count). The summed E-state index contributed by atoms with van der Waals surface area (Å²) in [7, 11) is 1.73. The van der Waals surface area contributed by atoms with Crippen LogP contribution in [0, 0.1) is 0 Å². The molecule has 0 unspecified atom stereocenters. The summed E-state index contributed by atoms with van der Waals surface area (Å²) in [5, 5.41) is 2.98. The van der Waals surface area contributed by atoms with Crippen molar-refractivity contribution in [1.82, 2.24) is 15.1 Å². The zero-order valence-corrected chi connectivity index (χ0v) is 12.8. The molecule has 116 valence electrons. The molecule has 1 aliphatic heterocycles. The van der Waals surface area contributed by atoms with E-state index in [-0.39, 0.29) is 5.91 Å². The van der Waals surface area contributed by atoms with Crippen molar-refractivity contribution in [1.29, 1.82) is 0 Å². The number of rotatable bonds is 7. The number of amides is 1. The van der Waals surface area contributed by atoms with E-state index in [0.29, 0.717) is 13.1 Å². The summed E-state index contributed by atoms with van der Waals surface area (Å²) in [6.45, 7) is 6.76. The highest BCUT2D eigenvalue weighted by atomic mass is 16.5. The van der Waals surface area contributed by atoms with Crippen molar-refractivity contribution >= 4 is 5.91 Å². The Morgan fingerprint density at radius 3 is 2.48 bits per heavy atom. The zero-order chi connectivity index (χ0) is 14.9. The first-order valence-electron chi connectivity index (χ1n) is 7.52. The number of piperazine rings is 1. The minimum atomic E-state index is 0.101. The van der Waals surface area contributed by atoms with E-state index in [9.17, 15) is 4.79 Å². The molecule has 0 aliphatic carbocycles. The highest BCUT2D eigenvalue weighted by Crippen LogP contribution is 2.01. The van der Waals surface area contributed by atoms with Crippen molar-refractivity contribution in [2.45, 2.75) is 6.54 Å². The lowest BCUT2D eigenvalue weighted by Crippen LogP contribution is -2.49. The molecule has 0 spiro atoms. The smallest absolute Gasteiger partial charge is 0.234 e. The summed E-state index contributed by atoms with van der Waals surface area (Å²) in [4.78, 5) is 16.5. The topological polar surface area (TPSA) is 44.8 Å². The van der Waals surface area contributed by atoms with E-state index in [1.807, 2.05) is 30.3 Å². The van der Waals surface area contributed by atoms with Gasteiger partial charge in [0, 0.05) is 46.4 Å². The van der Waals surface area contributed by atoms with E-state index in [1.54, 1.807) is 7.11 Å². The molecule has 1 aromatic carbocycles. The summed E-state index contributed by atoms with van der Waals surface area (Å²) in [6, 6.07) is 10.00. The van der Waals surface area contributed by atoms with Crippen LogP contribution in [0.3, 0.4) is 0 Å². The maximum Gasteiger partial charge on any atom is 0.234 e. The van der Waals surface area contributed by atoms with Gasteiger partial charge in [-0.2, -0.15) is 0 Å². The van der Waals surface area contributed by atoms with E-state index in [1.165, 1.54) is 0 Å². The Bertz CT molecular complexity index is 417. The molecule has 5 nitrogen and oxygen atoms in total. The first-order chi connectivity index (χ1) is 10.3. The van der Waals surface area contributed by atoms with Gasteiger partial charge in [-0.1, -0.05) is 30.3 Å². The van der Waals surface area contributed by atoms with Crippen LogP contribution in [-0.4, -0.2) is 68.7 Å². The average Bonchev–Trinajstić information content (AvgIpc) is 2.53. The van der Waals surface area contributed by atoms with E-state index in [4.69, 9.17) is 4.74 Å². The summed E-state index contributed by atoms with van der Waals surface area (Å²) < 4.78 is 5.09. The van der Waals surface area contributed by atoms with Crippen molar-refractivity contribution < 1.29 is 9.53 Å². The molecule has 0 radical (unpaired) electrons. The number of hydrogen-bond acceptors (Lipinski definition) is 4. The Morgan fingerprint density at radius 2 is 1.81 bits per heavy atom. The number of carbonyl (C=O) groups excluding carboxylic acids is 1. The first kappa shape index (κ1) is 15.9. The number of carbonyl (C=O) groups is 1. The van der Waals surface area contributed by atoms with Crippen LogP contribution in [0.1, 0.15) is 5.56 Å². The van der Waals surface area contributed by atoms with Crippen molar-refractivity contribution in [2.75, 3.05) is 53.0 Å². The molecule has 1 fully saturated rings. The molecular weight excluding hydrogens is 266 g/mol. The molecule has 1 amide bonds. The van der Waals surface area contributed by atoms with Crippen molar-refractivity contribution in [3.8, 4) is 0 Å².